The van der Waals surface area contributed by atoms with Crippen LogP contribution in [0.2, 0.25) is 0 Å². The average Bonchev–Trinajstić information content (AvgIpc) is 2.10. The van der Waals surface area contributed by atoms with Crippen LogP contribution in [0.4, 0.5) is 0 Å². The van der Waals surface area contributed by atoms with Crippen LogP contribution < -0.4 is 0 Å². The summed E-state index contributed by atoms with van der Waals surface area (Å²) in [7, 11) is 0. The van der Waals surface area contributed by atoms with Gasteiger partial charge in [-0.15, -0.1) is 0 Å². The minimum atomic E-state index is -0.774. The number of hydrogen-bond acceptors (Lipinski definition) is 2. The zero-order valence-corrected chi connectivity index (χ0v) is 5.95. The van der Waals surface area contributed by atoms with Crippen molar-refractivity contribution >= 4 is 5.97 Å². The molecule has 3 heteroatoms. The Morgan fingerprint density at radius 2 is 2.10 bits per heavy atom. The number of hydrogen-bond donors (Lipinski definition) is 2. The van der Waals surface area contributed by atoms with E-state index in [1.807, 2.05) is 6.92 Å². The third-order valence-corrected chi connectivity index (χ3v) is 2.17. The van der Waals surface area contributed by atoms with Crippen LogP contribution in [0.5, 0.6) is 0 Å². The molecule has 1 aliphatic rings. The van der Waals surface area contributed by atoms with E-state index in [-0.39, 0.29) is 11.8 Å². The molecule has 0 aromatic carbocycles. The van der Waals surface area contributed by atoms with Gasteiger partial charge in [0.2, 0.25) is 0 Å². The summed E-state index contributed by atoms with van der Waals surface area (Å²) in [5, 5.41) is 17.6. The Kier molecular flexibility index (Phi) is 1.94. The summed E-state index contributed by atoms with van der Waals surface area (Å²) in [6, 6.07) is 0. The summed E-state index contributed by atoms with van der Waals surface area (Å²) >= 11 is 0. The predicted molar refractivity (Wildman–Crippen MR) is 35.5 cm³/mol. The molecular formula is C7H12O3. The standard InChI is InChI=1S/C7H12O3/c1-4-2-5(8)3-6(4)7(9)10/h4-6,8H,2-3H2,1H3,(H,9,10). The van der Waals surface area contributed by atoms with E-state index in [2.05, 4.69) is 0 Å². The molecule has 0 bridgehead atoms. The lowest BCUT2D eigenvalue weighted by Crippen LogP contribution is -2.15. The van der Waals surface area contributed by atoms with Crippen LogP contribution in [0.25, 0.3) is 0 Å². The summed E-state index contributed by atoms with van der Waals surface area (Å²) in [6.07, 6.45) is 0.670. The zero-order valence-electron chi connectivity index (χ0n) is 5.95. The highest BCUT2D eigenvalue weighted by Crippen LogP contribution is 2.31. The van der Waals surface area contributed by atoms with Gasteiger partial charge in [0.15, 0.2) is 0 Å². The van der Waals surface area contributed by atoms with Crippen molar-refractivity contribution in [2.75, 3.05) is 0 Å². The zero-order chi connectivity index (χ0) is 7.72. The van der Waals surface area contributed by atoms with Crippen molar-refractivity contribution in [2.24, 2.45) is 11.8 Å². The number of aliphatic carboxylic acids is 1. The predicted octanol–water partition coefficient (Wildman–Crippen LogP) is 0.478. The van der Waals surface area contributed by atoms with Crippen molar-refractivity contribution in [3.8, 4) is 0 Å². The third-order valence-electron chi connectivity index (χ3n) is 2.17. The molecule has 0 heterocycles. The molecule has 0 radical (unpaired) electrons. The van der Waals surface area contributed by atoms with Crippen LogP contribution in [0.15, 0.2) is 0 Å². The first kappa shape index (κ1) is 7.54. The number of aliphatic hydroxyl groups is 1. The van der Waals surface area contributed by atoms with E-state index in [0.717, 1.165) is 0 Å². The Morgan fingerprint density at radius 1 is 1.50 bits per heavy atom. The minimum absolute atomic E-state index is 0.132. The third kappa shape index (κ3) is 1.29. The van der Waals surface area contributed by atoms with Crippen molar-refractivity contribution < 1.29 is 15.0 Å². The van der Waals surface area contributed by atoms with Gasteiger partial charge in [-0.1, -0.05) is 6.92 Å². The summed E-state index contributed by atoms with van der Waals surface area (Å²) in [6.45, 7) is 1.87. The van der Waals surface area contributed by atoms with Gasteiger partial charge in [-0.3, -0.25) is 4.79 Å². The summed E-state index contributed by atoms with van der Waals surface area (Å²) in [4.78, 5) is 10.4. The lowest BCUT2D eigenvalue weighted by molar-refractivity contribution is -0.142. The highest BCUT2D eigenvalue weighted by molar-refractivity contribution is 5.70. The largest absolute Gasteiger partial charge is 0.481 e. The maximum absolute atomic E-state index is 10.4. The molecule has 3 unspecified atom stereocenters. The maximum atomic E-state index is 10.4. The number of carboxylic acids is 1. The highest BCUT2D eigenvalue weighted by atomic mass is 16.4. The van der Waals surface area contributed by atoms with Crippen LogP contribution >= 0.6 is 0 Å². The van der Waals surface area contributed by atoms with Gasteiger partial charge in [0.1, 0.15) is 0 Å². The fourth-order valence-electron chi connectivity index (χ4n) is 1.56. The molecule has 0 amide bonds. The lowest BCUT2D eigenvalue weighted by Gasteiger charge is -2.06. The highest BCUT2D eigenvalue weighted by Gasteiger charge is 2.34. The van der Waals surface area contributed by atoms with E-state index in [1.54, 1.807) is 0 Å². The first-order valence-electron chi connectivity index (χ1n) is 3.52. The molecule has 3 nitrogen and oxygen atoms in total. The van der Waals surface area contributed by atoms with Crippen molar-refractivity contribution in [1.29, 1.82) is 0 Å². The smallest absolute Gasteiger partial charge is 0.306 e. The van der Waals surface area contributed by atoms with E-state index < -0.39 is 12.1 Å². The number of carbonyl (C=O) groups is 1. The normalized spacial score (nSPS) is 40.0. The van der Waals surface area contributed by atoms with Gasteiger partial charge < -0.3 is 10.2 Å². The quantitative estimate of drug-likeness (QED) is 0.562. The number of rotatable bonds is 1. The Hall–Kier alpha value is -0.570. The molecule has 1 fully saturated rings. The van der Waals surface area contributed by atoms with Gasteiger partial charge in [-0.2, -0.15) is 0 Å². The molecule has 58 valence electrons. The SMILES string of the molecule is CC1CC(O)CC1C(=O)O. The molecule has 1 aliphatic carbocycles. The van der Waals surface area contributed by atoms with E-state index in [4.69, 9.17) is 10.2 Å². The average molecular weight is 144 g/mol. The number of carboxylic acid groups (broad SMARTS) is 1. The second-order valence-corrected chi connectivity index (χ2v) is 3.05. The van der Waals surface area contributed by atoms with E-state index in [0.29, 0.717) is 12.8 Å². The second kappa shape index (κ2) is 2.58. The molecule has 0 spiro atoms. The van der Waals surface area contributed by atoms with E-state index >= 15 is 0 Å². The molecule has 0 aromatic heterocycles. The first-order chi connectivity index (χ1) is 4.61. The van der Waals surface area contributed by atoms with Crippen molar-refractivity contribution in [3.63, 3.8) is 0 Å². The molecule has 3 atom stereocenters. The van der Waals surface area contributed by atoms with Crippen LogP contribution in [-0.4, -0.2) is 22.3 Å². The van der Waals surface area contributed by atoms with Gasteiger partial charge in [-0.05, 0) is 18.8 Å². The van der Waals surface area contributed by atoms with Gasteiger partial charge >= 0.3 is 5.97 Å². The van der Waals surface area contributed by atoms with Crippen LogP contribution in [0.3, 0.4) is 0 Å². The molecule has 1 rings (SSSR count). The molecule has 0 aliphatic heterocycles. The Labute approximate surface area is 59.7 Å². The Morgan fingerprint density at radius 3 is 2.30 bits per heavy atom. The molecule has 2 N–H and O–H groups in total. The van der Waals surface area contributed by atoms with Crippen LogP contribution in [0, 0.1) is 11.8 Å². The van der Waals surface area contributed by atoms with Gasteiger partial charge in [-0.25, -0.2) is 0 Å². The maximum Gasteiger partial charge on any atom is 0.306 e. The van der Waals surface area contributed by atoms with E-state index in [1.165, 1.54) is 0 Å². The van der Waals surface area contributed by atoms with Gasteiger partial charge in [0.25, 0.3) is 0 Å². The van der Waals surface area contributed by atoms with Crippen LogP contribution in [0.1, 0.15) is 19.8 Å². The van der Waals surface area contributed by atoms with Gasteiger partial charge in [0.05, 0.1) is 12.0 Å². The van der Waals surface area contributed by atoms with Gasteiger partial charge in [0, 0.05) is 0 Å². The topological polar surface area (TPSA) is 57.5 Å². The monoisotopic (exact) mass is 144 g/mol. The molecule has 10 heavy (non-hydrogen) atoms. The Balaban J connectivity index is 2.54. The Bertz CT molecular complexity index is 144. The lowest BCUT2D eigenvalue weighted by atomic mass is 9.99. The molecular weight excluding hydrogens is 132 g/mol. The second-order valence-electron chi connectivity index (χ2n) is 3.05. The summed E-state index contributed by atoms with van der Waals surface area (Å²) < 4.78 is 0. The molecule has 0 aromatic rings. The summed E-state index contributed by atoms with van der Waals surface area (Å²) in [5.41, 5.74) is 0. The van der Waals surface area contributed by atoms with Crippen molar-refractivity contribution in [3.05, 3.63) is 0 Å². The van der Waals surface area contributed by atoms with Crippen LogP contribution in [-0.2, 0) is 4.79 Å². The first-order valence-corrected chi connectivity index (χ1v) is 3.52. The fourth-order valence-corrected chi connectivity index (χ4v) is 1.56. The van der Waals surface area contributed by atoms with Crippen molar-refractivity contribution in [2.45, 2.75) is 25.9 Å². The van der Waals surface area contributed by atoms with Crippen molar-refractivity contribution in [1.82, 2.24) is 0 Å². The molecule has 0 saturated heterocycles. The number of aliphatic hydroxyl groups excluding tert-OH is 1. The van der Waals surface area contributed by atoms with E-state index in [9.17, 15) is 4.79 Å². The summed E-state index contributed by atoms with van der Waals surface area (Å²) in [5.74, 6) is -0.966. The fraction of sp³-hybridized carbons (Fsp3) is 0.857. The molecule has 1 saturated carbocycles. The minimum Gasteiger partial charge on any atom is -0.481 e.